The Hall–Kier alpha value is -3.92. The number of benzene rings is 2. The first kappa shape index (κ1) is 25.2. The van der Waals surface area contributed by atoms with Crippen molar-refractivity contribution in [3.63, 3.8) is 0 Å². The van der Waals surface area contributed by atoms with Gasteiger partial charge >= 0.3 is 0 Å². The molecule has 1 aromatic heterocycles. The van der Waals surface area contributed by atoms with Crippen molar-refractivity contribution < 1.29 is 9.90 Å². The molecular weight excluding hydrogens is 452 g/mol. The minimum atomic E-state index is -0.532. The van der Waals surface area contributed by atoms with Crippen molar-refractivity contribution >= 4 is 5.91 Å². The van der Waals surface area contributed by atoms with E-state index in [2.05, 4.69) is 11.1 Å². The summed E-state index contributed by atoms with van der Waals surface area (Å²) in [5.74, 6) is -0.349. The van der Waals surface area contributed by atoms with Gasteiger partial charge in [-0.1, -0.05) is 62.7 Å². The predicted octanol–water partition coefficient (Wildman–Crippen LogP) is 4.79. The van der Waals surface area contributed by atoms with Gasteiger partial charge in [0.05, 0.1) is 17.7 Å². The zero-order valence-corrected chi connectivity index (χ0v) is 20.9. The lowest BCUT2D eigenvalue weighted by atomic mass is 9.99. The molecule has 36 heavy (non-hydrogen) atoms. The van der Waals surface area contributed by atoms with Crippen LogP contribution in [-0.4, -0.2) is 38.6 Å². The number of hydrogen-bond donors (Lipinski definition) is 1. The van der Waals surface area contributed by atoms with Gasteiger partial charge in [0.1, 0.15) is 5.82 Å². The van der Waals surface area contributed by atoms with Gasteiger partial charge in [-0.15, -0.1) is 0 Å². The fourth-order valence-electron chi connectivity index (χ4n) is 5.07. The number of amides is 1. The molecule has 1 saturated heterocycles. The molecule has 1 N–H and O–H groups in total. The van der Waals surface area contributed by atoms with Crippen molar-refractivity contribution in [3.05, 3.63) is 93.0 Å². The van der Waals surface area contributed by atoms with Crippen LogP contribution < -0.4 is 5.56 Å². The fraction of sp³-hybridized carbons (Fsp3) is 0.379. The third-order valence-electron chi connectivity index (χ3n) is 6.98. The normalized spacial score (nSPS) is 16.0. The lowest BCUT2D eigenvalue weighted by Crippen LogP contribution is -2.38. The van der Waals surface area contributed by atoms with Crippen LogP contribution >= 0.6 is 0 Å². The van der Waals surface area contributed by atoms with E-state index >= 15 is 0 Å². The first-order chi connectivity index (χ1) is 17.5. The van der Waals surface area contributed by atoms with E-state index in [4.69, 9.17) is 0 Å². The van der Waals surface area contributed by atoms with Crippen LogP contribution in [-0.2, 0) is 6.42 Å². The number of aromatic nitrogens is 2. The Morgan fingerprint density at radius 3 is 2.67 bits per heavy atom. The Kier molecular flexibility index (Phi) is 7.84. The number of aryl methyl sites for hydroxylation is 1. The van der Waals surface area contributed by atoms with E-state index in [0.29, 0.717) is 37.3 Å². The Morgan fingerprint density at radius 1 is 1.19 bits per heavy atom. The summed E-state index contributed by atoms with van der Waals surface area (Å²) < 4.78 is 1.56. The molecule has 0 saturated carbocycles. The van der Waals surface area contributed by atoms with Gasteiger partial charge in [-0.3, -0.25) is 14.2 Å². The third kappa shape index (κ3) is 5.03. The molecule has 1 amide bonds. The summed E-state index contributed by atoms with van der Waals surface area (Å²) in [6.07, 6.45) is 3.55. The summed E-state index contributed by atoms with van der Waals surface area (Å²) in [6.45, 7) is 5.00. The molecule has 1 aliphatic rings. The molecule has 0 radical (unpaired) electrons. The van der Waals surface area contributed by atoms with Crippen LogP contribution in [0.1, 0.15) is 84.4 Å². The van der Waals surface area contributed by atoms with Crippen molar-refractivity contribution in [2.24, 2.45) is 0 Å². The van der Waals surface area contributed by atoms with Gasteiger partial charge in [0.15, 0.2) is 5.56 Å². The maximum Gasteiger partial charge on any atom is 0.270 e. The molecule has 0 bridgehead atoms. The number of unbranched alkanes of at least 4 members (excludes halogenated alkanes) is 1. The van der Waals surface area contributed by atoms with Crippen LogP contribution in [0.3, 0.4) is 0 Å². The van der Waals surface area contributed by atoms with Gasteiger partial charge < -0.3 is 10.0 Å². The predicted molar refractivity (Wildman–Crippen MR) is 138 cm³/mol. The maximum atomic E-state index is 13.9. The molecular formula is C29H32N4O3. The summed E-state index contributed by atoms with van der Waals surface area (Å²) in [6, 6.07) is 18.9. The SMILES string of the molecule is CCCCc1nc(O)c(C(=O)N2CC[C@H](c3ccccc3)C2)c(=O)n1C(CC)c1cccc(C#N)c1. The number of rotatable bonds is 8. The Labute approximate surface area is 211 Å². The highest BCUT2D eigenvalue weighted by Gasteiger charge is 2.33. The zero-order chi connectivity index (χ0) is 25.7. The molecule has 1 unspecified atom stereocenters. The van der Waals surface area contributed by atoms with Gasteiger partial charge in [-0.2, -0.15) is 10.2 Å². The summed E-state index contributed by atoms with van der Waals surface area (Å²) in [4.78, 5) is 33.5. The van der Waals surface area contributed by atoms with Crippen LogP contribution in [0.5, 0.6) is 5.88 Å². The Balaban J connectivity index is 1.75. The molecule has 2 atom stereocenters. The lowest BCUT2D eigenvalue weighted by Gasteiger charge is -2.24. The summed E-state index contributed by atoms with van der Waals surface area (Å²) in [5, 5.41) is 20.2. The smallest absolute Gasteiger partial charge is 0.270 e. The van der Waals surface area contributed by atoms with E-state index in [1.807, 2.05) is 50.2 Å². The van der Waals surface area contributed by atoms with Crippen molar-refractivity contribution in [2.45, 2.75) is 57.9 Å². The summed E-state index contributed by atoms with van der Waals surface area (Å²) in [7, 11) is 0. The highest BCUT2D eigenvalue weighted by atomic mass is 16.3. The topological polar surface area (TPSA) is 99.2 Å². The molecule has 0 aliphatic carbocycles. The molecule has 186 valence electrons. The third-order valence-corrected chi connectivity index (χ3v) is 6.98. The number of carbonyl (C=O) groups is 1. The number of carbonyl (C=O) groups excluding carboxylic acids is 1. The quantitative estimate of drug-likeness (QED) is 0.495. The van der Waals surface area contributed by atoms with Gasteiger partial charge in [0.25, 0.3) is 11.5 Å². The monoisotopic (exact) mass is 484 g/mol. The molecule has 3 aromatic rings. The minimum Gasteiger partial charge on any atom is -0.493 e. The van der Waals surface area contributed by atoms with Crippen LogP contribution in [0.4, 0.5) is 0 Å². The second kappa shape index (κ2) is 11.2. The lowest BCUT2D eigenvalue weighted by molar-refractivity contribution is 0.0783. The van der Waals surface area contributed by atoms with E-state index in [-0.39, 0.29) is 11.5 Å². The van der Waals surface area contributed by atoms with Crippen LogP contribution in [0.25, 0.3) is 0 Å². The molecule has 4 rings (SSSR count). The molecule has 1 aliphatic heterocycles. The Bertz CT molecular complexity index is 1330. The molecule has 7 nitrogen and oxygen atoms in total. The van der Waals surface area contributed by atoms with Gasteiger partial charge in [0.2, 0.25) is 5.88 Å². The summed E-state index contributed by atoms with van der Waals surface area (Å²) >= 11 is 0. The van der Waals surface area contributed by atoms with Gasteiger partial charge in [0, 0.05) is 25.4 Å². The van der Waals surface area contributed by atoms with E-state index < -0.39 is 23.4 Å². The Morgan fingerprint density at radius 2 is 1.97 bits per heavy atom. The van der Waals surface area contributed by atoms with E-state index in [1.54, 1.807) is 27.7 Å². The second-order valence-corrected chi connectivity index (χ2v) is 9.31. The van der Waals surface area contributed by atoms with Crippen LogP contribution in [0.2, 0.25) is 0 Å². The maximum absolute atomic E-state index is 13.9. The molecule has 2 heterocycles. The van der Waals surface area contributed by atoms with Crippen molar-refractivity contribution in [1.29, 1.82) is 5.26 Å². The number of nitriles is 1. The molecule has 0 spiro atoms. The molecule has 7 heteroatoms. The highest BCUT2D eigenvalue weighted by Crippen LogP contribution is 2.30. The number of likely N-dealkylation sites (tertiary alicyclic amines) is 1. The van der Waals surface area contributed by atoms with Crippen LogP contribution in [0.15, 0.2) is 59.4 Å². The summed E-state index contributed by atoms with van der Waals surface area (Å²) in [5.41, 5.74) is 1.65. The van der Waals surface area contributed by atoms with Crippen molar-refractivity contribution in [1.82, 2.24) is 14.5 Å². The largest absolute Gasteiger partial charge is 0.493 e. The fourth-order valence-corrected chi connectivity index (χ4v) is 5.07. The van der Waals surface area contributed by atoms with Gasteiger partial charge in [-0.05, 0) is 42.5 Å². The van der Waals surface area contributed by atoms with E-state index in [1.165, 1.54) is 0 Å². The average Bonchev–Trinajstić information content (AvgIpc) is 3.40. The first-order valence-corrected chi connectivity index (χ1v) is 12.7. The average molecular weight is 485 g/mol. The minimum absolute atomic E-state index is 0.188. The number of nitrogens with zero attached hydrogens (tertiary/aromatic N) is 4. The zero-order valence-electron chi connectivity index (χ0n) is 20.9. The van der Waals surface area contributed by atoms with Crippen LogP contribution in [0, 0.1) is 11.3 Å². The number of aromatic hydroxyl groups is 1. The van der Waals surface area contributed by atoms with E-state index in [9.17, 15) is 20.0 Å². The highest BCUT2D eigenvalue weighted by molar-refractivity contribution is 5.96. The second-order valence-electron chi connectivity index (χ2n) is 9.31. The molecule has 1 fully saturated rings. The van der Waals surface area contributed by atoms with Gasteiger partial charge in [-0.25, -0.2) is 0 Å². The van der Waals surface area contributed by atoms with E-state index in [0.717, 1.165) is 30.4 Å². The first-order valence-electron chi connectivity index (χ1n) is 12.7. The van der Waals surface area contributed by atoms with Crippen molar-refractivity contribution in [3.8, 4) is 11.9 Å². The molecule has 2 aromatic carbocycles. The number of hydrogen-bond acceptors (Lipinski definition) is 5. The standard InChI is InChI=1S/C29H32N4O3/c1-3-5-14-25-31-27(34)26(28(35)32-16-15-23(19-32)21-11-7-6-8-12-21)29(36)33(25)24(4-2)22-13-9-10-20(17-22)18-30/h6-13,17,23-24,34H,3-5,14-16,19H2,1-2H3/t23-,24?/m0/s1. The van der Waals surface area contributed by atoms with Crippen molar-refractivity contribution in [2.75, 3.05) is 13.1 Å².